The van der Waals surface area contributed by atoms with Crippen molar-refractivity contribution in [3.05, 3.63) is 51.9 Å². The fourth-order valence-electron chi connectivity index (χ4n) is 2.95. The summed E-state index contributed by atoms with van der Waals surface area (Å²) in [6.07, 6.45) is 0.989. The summed E-state index contributed by atoms with van der Waals surface area (Å²) < 4.78 is 6.95. The summed E-state index contributed by atoms with van der Waals surface area (Å²) in [5, 5.41) is 3.64. The molecular formula is C18H21N3O3S. The van der Waals surface area contributed by atoms with E-state index in [1.165, 1.54) is 17.8 Å². The van der Waals surface area contributed by atoms with E-state index in [4.69, 9.17) is 4.74 Å². The number of hydrogen-bond donors (Lipinski definition) is 1. The number of amides is 1. The Morgan fingerprint density at radius 2 is 2.24 bits per heavy atom. The normalized spacial score (nSPS) is 15.7. The average molecular weight is 359 g/mol. The van der Waals surface area contributed by atoms with Crippen LogP contribution in [0.5, 0.6) is 5.75 Å². The smallest absolute Gasteiger partial charge is 0.254 e. The Morgan fingerprint density at radius 1 is 1.44 bits per heavy atom. The van der Waals surface area contributed by atoms with E-state index >= 15 is 0 Å². The van der Waals surface area contributed by atoms with Crippen molar-refractivity contribution in [1.29, 1.82) is 0 Å². The van der Waals surface area contributed by atoms with Crippen molar-refractivity contribution >= 4 is 17.7 Å². The molecule has 0 radical (unpaired) electrons. The highest BCUT2D eigenvalue weighted by molar-refractivity contribution is 7.99. The molecule has 0 bridgehead atoms. The van der Waals surface area contributed by atoms with Gasteiger partial charge in [-0.2, -0.15) is 0 Å². The van der Waals surface area contributed by atoms with E-state index in [1.807, 2.05) is 24.3 Å². The number of methoxy groups -OCH3 is 1. The number of benzene rings is 1. The molecule has 1 N–H and O–H groups in total. The molecule has 0 fully saturated rings. The molecule has 0 saturated carbocycles. The van der Waals surface area contributed by atoms with Gasteiger partial charge in [0.25, 0.3) is 5.56 Å². The lowest BCUT2D eigenvalue weighted by Crippen LogP contribution is -2.31. The average Bonchev–Trinajstić information content (AvgIpc) is 2.98. The number of thioether (sulfide) groups is 1. The zero-order valence-electron chi connectivity index (χ0n) is 14.3. The number of para-hydroxylation sites is 1. The Hall–Kier alpha value is -2.28. The van der Waals surface area contributed by atoms with Crippen molar-refractivity contribution in [1.82, 2.24) is 14.9 Å². The van der Waals surface area contributed by atoms with Crippen molar-refractivity contribution in [2.75, 3.05) is 19.4 Å². The van der Waals surface area contributed by atoms with Gasteiger partial charge in [-0.05, 0) is 25.0 Å². The highest BCUT2D eigenvalue weighted by atomic mass is 32.2. The lowest BCUT2D eigenvalue weighted by Gasteiger charge is -2.13. The Kier molecular flexibility index (Phi) is 5.43. The maximum absolute atomic E-state index is 12.2. The van der Waals surface area contributed by atoms with E-state index in [-0.39, 0.29) is 23.9 Å². The number of carbonyl (C=O) groups is 1. The molecule has 1 aromatic carbocycles. The third-order valence-electron chi connectivity index (χ3n) is 4.15. The van der Waals surface area contributed by atoms with Gasteiger partial charge in [0.15, 0.2) is 5.16 Å². The largest absolute Gasteiger partial charge is 0.496 e. The number of nitrogens with zero attached hydrogens (tertiary/aromatic N) is 2. The van der Waals surface area contributed by atoms with E-state index in [9.17, 15) is 9.59 Å². The number of aryl methyl sites for hydroxylation is 1. The SMILES string of the molecule is COc1ccccc1CCNC(=O)CC1CSc2nc(C)cc(=O)n21. The van der Waals surface area contributed by atoms with E-state index < -0.39 is 0 Å². The Bertz CT molecular complexity index is 835. The summed E-state index contributed by atoms with van der Waals surface area (Å²) >= 11 is 1.53. The molecule has 0 spiro atoms. The lowest BCUT2D eigenvalue weighted by atomic mass is 10.1. The van der Waals surface area contributed by atoms with Gasteiger partial charge in [0.05, 0.1) is 13.2 Å². The first-order valence-corrected chi connectivity index (χ1v) is 9.18. The van der Waals surface area contributed by atoms with Crippen LogP contribution in [0.2, 0.25) is 0 Å². The molecule has 0 saturated heterocycles. The first kappa shape index (κ1) is 17.5. The quantitative estimate of drug-likeness (QED) is 0.798. The van der Waals surface area contributed by atoms with Crippen LogP contribution >= 0.6 is 11.8 Å². The monoisotopic (exact) mass is 359 g/mol. The van der Waals surface area contributed by atoms with Gasteiger partial charge in [-0.3, -0.25) is 14.2 Å². The Labute approximate surface area is 150 Å². The highest BCUT2D eigenvalue weighted by Crippen LogP contribution is 2.31. The van der Waals surface area contributed by atoms with Gasteiger partial charge < -0.3 is 10.1 Å². The van der Waals surface area contributed by atoms with E-state index in [1.54, 1.807) is 18.6 Å². The Morgan fingerprint density at radius 3 is 3.04 bits per heavy atom. The molecule has 0 aliphatic carbocycles. The first-order valence-electron chi connectivity index (χ1n) is 8.20. The molecule has 1 unspecified atom stereocenters. The molecule has 1 aliphatic heterocycles. The predicted octanol–water partition coefficient (Wildman–Crippen LogP) is 1.96. The van der Waals surface area contributed by atoms with Gasteiger partial charge >= 0.3 is 0 Å². The second kappa shape index (κ2) is 7.74. The predicted molar refractivity (Wildman–Crippen MR) is 97.3 cm³/mol. The molecule has 132 valence electrons. The van der Waals surface area contributed by atoms with Crippen molar-refractivity contribution in [2.45, 2.75) is 31.0 Å². The summed E-state index contributed by atoms with van der Waals surface area (Å²) in [5.74, 6) is 1.47. The zero-order valence-corrected chi connectivity index (χ0v) is 15.1. The highest BCUT2D eigenvalue weighted by Gasteiger charge is 2.27. The minimum atomic E-state index is -0.133. The van der Waals surface area contributed by atoms with Gasteiger partial charge in [-0.25, -0.2) is 4.98 Å². The van der Waals surface area contributed by atoms with Crippen LogP contribution < -0.4 is 15.6 Å². The summed E-state index contributed by atoms with van der Waals surface area (Å²) in [6, 6.07) is 9.15. The summed E-state index contributed by atoms with van der Waals surface area (Å²) in [7, 11) is 1.64. The number of nitrogens with one attached hydrogen (secondary N) is 1. The van der Waals surface area contributed by atoms with Crippen molar-refractivity contribution in [3.63, 3.8) is 0 Å². The third-order valence-corrected chi connectivity index (χ3v) is 5.25. The van der Waals surface area contributed by atoms with Gasteiger partial charge in [0.1, 0.15) is 5.75 Å². The molecule has 3 rings (SSSR count). The van der Waals surface area contributed by atoms with Crippen LogP contribution in [-0.2, 0) is 11.2 Å². The first-order chi connectivity index (χ1) is 12.1. The fourth-order valence-corrected chi connectivity index (χ4v) is 4.14. The van der Waals surface area contributed by atoms with Crippen LogP contribution in [-0.4, -0.2) is 34.9 Å². The number of ether oxygens (including phenoxy) is 1. The molecule has 1 atom stereocenters. The van der Waals surface area contributed by atoms with Crippen molar-refractivity contribution < 1.29 is 9.53 Å². The fraction of sp³-hybridized carbons (Fsp3) is 0.389. The standard InChI is InChI=1S/C18H21N3O3S/c1-12-9-17(23)21-14(11-25-18(21)20-12)10-16(22)19-8-7-13-5-3-4-6-15(13)24-2/h3-6,9,14H,7-8,10-11H2,1-2H3,(H,19,22). The van der Waals surface area contributed by atoms with Gasteiger partial charge in [-0.1, -0.05) is 30.0 Å². The van der Waals surface area contributed by atoms with Crippen LogP contribution in [0, 0.1) is 6.92 Å². The van der Waals surface area contributed by atoms with Crippen molar-refractivity contribution in [2.24, 2.45) is 0 Å². The van der Waals surface area contributed by atoms with Gasteiger partial charge in [-0.15, -0.1) is 0 Å². The summed E-state index contributed by atoms with van der Waals surface area (Å²) in [4.78, 5) is 28.8. The van der Waals surface area contributed by atoms with Crippen LogP contribution in [0.25, 0.3) is 0 Å². The molecule has 2 heterocycles. The number of aromatic nitrogens is 2. The molecule has 7 heteroatoms. The molecule has 6 nitrogen and oxygen atoms in total. The van der Waals surface area contributed by atoms with Crippen LogP contribution in [0.3, 0.4) is 0 Å². The summed E-state index contributed by atoms with van der Waals surface area (Å²) in [5.41, 5.74) is 1.69. The van der Waals surface area contributed by atoms with E-state index in [2.05, 4.69) is 10.3 Å². The molecule has 1 aliphatic rings. The Balaban J connectivity index is 1.56. The molecule has 1 amide bonds. The van der Waals surface area contributed by atoms with Crippen LogP contribution in [0.15, 0.2) is 40.3 Å². The number of rotatable bonds is 6. The maximum atomic E-state index is 12.2. The minimum absolute atomic E-state index is 0.0548. The second-order valence-corrected chi connectivity index (χ2v) is 6.96. The van der Waals surface area contributed by atoms with Gasteiger partial charge in [0.2, 0.25) is 5.91 Å². The van der Waals surface area contributed by atoms with Crippen LogP contribution in [0.4, 0.5) is 0 Å². The minimum Gasteiger partial charge on any atom is -0.496 e. The van der Waals surface area contributed by atoms with Crippen molar-refractivity contribution in [3.8, 4) is 5.75 Å². The van der Waals surface area contributed by atoms with Crippen LogP contribution in [0.1, 0.15) is 23.7 Å². The summed E-state index contributed by atoms with van der Waals surface area (Å²) in [6.45, 7) is 2.34. The molecule has 1 aromatic heterocycles. The number of carbonyl (C=O) groups excluding carboxylic acids is 1. The lowest BCUT2D eigenvalue weighted by molar-refractivity contribution is -0.121. The molecular weight excluding hydrogens is 338 g/mol. The van der Waals surface area contributed by atoms with Gasteiger partial charge in [0, 0.05) is 30.5 Å². The number of hydrogen-bond acceptors (Lipinski definition) is 5. The maximum Gasteiger partial charge on any atom is 0.254 e. The zero-order chi connectivity index (χ0) is 17.8. The van der Waals surface area contributed by atoms with E-state index in [0.29, 0.717) is 29.6 Å². The number of fused-ring (bicyclic) bond motifs is 1. The third kappa shape index (κ3) is 4.04. The van der Waals surface area contributed by atoms with E-state index in [0.717, 1.165) is 11.3 Å². The molecule has 2 aromatic rings. The topological polar surface area (TPSA) is 73.2 Å². The molecule has 25 heavy (non-hydrogen) atoms. The second-order valence-electron chi connectivity index (χ2n) is 5.97.